The number of thiophene rings is 1. The number of amides is 1. The van der Waals surface area contributed by atoms with Crippen LogP contribution >= 0.6 is 11.3 Å². The third-order valence-corrected chi connectivity index (χ3v) is 5.03. The highest BCUT2D eigenvalue weighted by molar-refractivity contribution is 7.11. The van der Waals surface area contributed by atoms with Crippen LogP contribution in [-0.4, -0.2) is 30.0 Å². The normalized spacial score (nSPS) is 14.5. The molecular formula is C19H33NO3S. The van der Waals surface area contributed by atoms with Gasteiger partial charge < -0.3 is 15.2 Å². The molecule has 0 aromatic carbocycles. The first kappa shape index (κ1) is 21.0. The van der Waals surface area contributed by atoms with Crippen LogP contribution in [0.4, 0.5) is 4.79 Å². The van der Waals surface area contributed by atoms with E-state index in [0.717, 1.165) is 19.3 Å². The molecule has 0 aliphatic carbocycles. The number of aliphatic hydroxyl groups is 1. The van der Waals surface area contributed by atoms with Crippen LogP contribution in [0.1, 0.15) is 57.7 Å². The number of hydrogen-bond acceptors (Lipinski definition) is 4. The molecule has 1 heterocycles. The second-order valence-electron chi connectivity index (χ2n) is 8.01. The van der Waals surface area contributed by atoms with E-state index in [9.17, 15) is 9.90 Å². The van der Waals surface area contributed by atoms with E-state index < -0.39 is 11.7 Å². The molecule has 0 aliphatic rings. The highest BCUT2D eigenvalue weighted by Crippen LogP contribution is 2.33. The average Bonchev–Trinajstić information content (AvgIpc) is 2.90. The van der Waals surface area contributed by atoms with Crippen LogP contribution < -0.4 is 5.32 Å². The minimum absolute atomic E-state index is 0.0420. The van der Waals surface area contributed by atoms with Gasteiger partial charge in [0.2, 0.25) is 0 Å². The largest absolute Gasteiger partial charge is 0.444 e. The molecule has 138 valence electrons. The minimum Gasteiger partial charge on any atom is -0.444 e. The highest BCUT2D eigenvalue weighted by atomic mass is 32.1. The SMILES string of the molecule is CCc1ccc(CC(CO)(CNC(=O)OC(C)(C)C)CC(C)C)s1. The summed E-state index contributed by atoms with van der Waals surface area (Å²) in [6.45, 7) is 12.4. The van der Waals surface area contributed by atoms with Gasteiger partial charge in [0, 0.05) is 21.7 Å². The quantitative estimate of drug-likeness (QED) is 0.726. The van der Waals surface area contributed by atoms with Gasteiger partial charge in [0.25, 0.3) is 0 Å². The molecule has 0 saturated carbocycles. The van der Waals surface area contributed by atoms with Crippen LogP contribution in [0.2, 0.25) is 0 Å². The Bertz CT molecular complexity index is 519. The monoisotopic (exact) mass is 355 g/mol. The molecule has 1 aromatic heterocycles. The maximum atomic E-state index is 12.0. The number of aryl methyl sites for hydroxylation is 1. The summed E-state index contributed by atoms with van der Waals surface area (Å²) in [6.07, 6.45) is 2.21. The number of carbonyl (C=O) groups is 1. The summed E-state index contributed by atoms with van der Waals surface area (Å²) in [5.74, 6) is 0.434. The third kappa shape index (κ3) is 7.22. The molecule has 0 fully saturated rings. The van der Waals surface area contributed by atoms with Crippen LogP contribution in [0, 0.1) is 11.3 Å². The molecule has 1 rings (SSSR count). The lowest BCUT2D eigenvalue weighted by atomic mass is 9.77. The molecule has 24 heavy (non-hydrogen) atoms. The lowest BCUT2D eigenvalue weighted by molar-refractivity contribution is 0.0441. The van der Waals surface area contributed by atoms with E-state index >= 15 is 0 Å². The Morgan fingerprint density at radius 1 is 1.29 bits per heavy atom. The second kappa shape index (κ2) is 8.86. The van der Waals surface area contributed by atoms with Crippen LogP contribution in [0.5, 0.6) is 0 Å². The average molecular weight is 356 g/mol. The molecule has 4 nitrogen and oxygen atoms in total. The highest BCUT2D eigenvalue weighted by Gasteiger charge is 2.32. The Kier molecular flexibility index (Phi) is 7.74. The van der Waals surface area contributed by atoms with Crippen LogP contribution in [0.3, 0.4) is 0 Å². The van der Waals surface area contributed by atoms with Crippen molar-refractivity contribution in [3.05, 3.63) is 21.9 Å². The van der Waals surface area contributed by atoms with Gasteiger partial charge in [-0.3, -0.25) is 0 Å². The number of ether oxygens (including phenoxy) is 1. The smallest absolute Gasteiger partial charge is 0.407 e. The first-order valence-corrected chi connectivity index (χ1v) is 9.56. The lowest BCUT2D eigenvalue weighted by Gasteiger charge is -2.34. The molecule has 0 radical (unpaired) electrons. The topological polar surface area (TPSA) is 58.6 Å². The number of rotatable bonds is 8. The summed E-state index contributed by atoms with van der Waals surface area (Å²) in [4.78, 5) is 14.6. The summed E-state index contributed by atoms with van der Waals surface area (Å²) in [5.41, 5.74) is -0.880. The zero-order valence-corrected chi connectivity index (χ0v) is 16.8. The standard InChI is InChI=1S/C19H33NO3S/c1-7-15-8-9-16(24-15)11-19(13-21,10-14(2)3)12-20-17(22)23-18(4,5)6/h8-9,14,21H,7,10-13H2,1-6H3,(H,20,22). The van der Waals surface area contributed by atoms with Gasteiger partial charge in [-0.25, -0.2) is 4.79 Å². The van der Waals surface area contributed by atoms with Crippen molar-refractivity contribution in [3.8, 4) is 0 Å². The van der Waals surface area contributed by atoms with Crippen LogP contribution in [-0.2, 0) is 17.6 Å². The summed E-state index contributed by atoms with van der Waals surface area (Å²) in [7, 11) is 0. The molecule has 0 saturated heterocycles. The van der Waals surface area contributed by atoms with Crippen molar-refractivity contribution in [2.75, 3.05) is 13.2 Å². The lowest BCUT2D eigenvalue weighted by Crippen LogP contribution is -2.44. The van der Waals surface area contributed by atoms with E-state index in [-0.39, 0.29) is 12.0 Å². The Labute approximate surface area is 150 Å². The predicted octanol–water partition coefficient (Wildman–Crippen LogP) is 4.40. The fraction of sp³-hybridized carbons (Fsp3) is 0.737. The molecule has 0 spiro atoms. The molecular weight excluding hydrogens is 322 g/mol. The number of carbonyl (C=O) groups excluding carboxylic acids is 1. The Hall–Kier alpha value is -1.07. The Morgan fingerprint density at radius 2 is 1.92 bits per heavy atom. The zero-order valence-electron chi connectivity index (χ0n) is 15.9. The van der Waals surface area contributed by atoms with E-state index in [1.165, 1.54) is 9.75 Å². The molecule has 1 atom stereocenters. The van der Waals surface area contributed by atoms with Gasteiger partial charge in [-0.1, -0.05) is 20.8 Å². The molecule has 5 heteroatoms. The molecule has 1 amide bonds. The Balaban J connectivity index is 2.82. The van der Waals surface area contributed by atoms with Crippen LogP contribution in [0.25, 0.3) is 0 Å². The first-order chi connectivity index (χ1) is 11.1. The maximum absolute atomic E-state index is 12.0. The molecule has 1 aromatic rings. The van der Waals surface area contributed by atoms with Crippen molar-refractivity contribution in [2.24, 2.45) is 11.3 Å². The zero-order chi connectivity index (χ0) is 18.4. The van der Waals surface area contributed by atoms with Crippen molar-refractivity contribution in [3.63, 3.8) is 0 Å². The molecule has 0 aliphatic heterocycles. The van der Waals surface area contributed by atoms with Gasteiger partial charge in [-0.2, -0.15) is 0 Å². The number of nitrogens with one attached hydrogen (secondary N) is 1. The van der Waals surface area contributed by atoms with Crippen molar-refractivity contribution < 1.29 is 14.6 Å². The van der Waals surface area contributed by atoms with Crippen molar-refractivity contribution in [1.82, 2.24) is 5.32 Å². The van der Waals surface area contributed by atoms with Gasteiger partial charge in [0.15, 0.2) is 0 Å². The van der Waals surface area contributed by atoms with Crippen molar-refractivity contribution in [1.29, 1.82) is 0 Å². The molecule has 1 unspecified atom stereocenters. The first-order valence-electron chi connectivity index (χ1n) is 8.74. The minimum atomic E-state index is -0.520. The predicted molar refractivity (Wildman–Crippen MR) is 101 cm³/mol. The third-order valence-electron chi connectivity index (χ3n) is 3.80. The van der Waals surface area contributed by atoms with Crippen LogP contribution in [0.15, 0.2) is 12.1 Å². The van der Waals surface area contributed by atoms with Gasteiger partial charge in [-0.15, -0.1) is 11.3 Å². The van der Waals surface area contributed by atoms with E-state index in [4.69, 9.17) is 4.74 Å². The fourth-order valence-electron chi connectivity index (χ4n) is 2.90. The molecule has 0 bridgehead atoms. The van der Waals surface area contributed by atoms with Crippen molar-refractivity contribution >= 4 is 17.4 Å². The van der Waals surface area contributed by atoms with Gasteiger partial charge in [0.1, 0.15) is 5.60 Å². The Morgan fingerprint density at radius 3 is 2.38 bits per heavy atom. The van der Waals surface area contributed by atoms with Gasteiger partial charge in [0.05, 0.1) is 6.61 Å². The van der Waals surface area contributed by atoms with Gasteiger partial charge in [-0.05, 0) is 58.1 Å². The van der Waals surface area contributed by atoms with Gasteiger partial charge >= 0.3 is 6.09 Å². The summed E-state index contributed by atoms with van der Waals surface area (Å²) in [5, 5.41) is 13.0. The van der Waals surface area contributed by atoms with E-state index in [1.807, 2.05) is 20.8 Å². The summed E-state index contributed by atoms with van der Waals surface area (Å²) >= 11 is 1.79. The van der Waals surface area contributed by atoms with E-state index in [0.29, 0.717) is 12.5 Å². The fourth-order valence-corrected chi connectivity index (χ4v) is 4.03. The molecule has 2 N–H and O–H groups in total. The number of alkyl carbamates (subject to hydrolysis) is 1. The maximum Gasteiger partial charge on any atom is 0.407 e. The number of aliphatic hydroxyl groups excluding tert-OH is 1. The second-order valence-corrected chi connectivity index (χ2v) is 9.26. The van der Waals surface area contributed by atoms with E-state index in [1.54, 1.807) is 11.3 Å². The summed E-state index contributed by atoms with van der Waals surface area (Å²) in [6, 6.07) is 4.29. The summed E-state index contributed by atoms with van der Waals surface area (Å²) < 4.78 is 5.33. The van der Waals surface area contributed by atoms with E-state index in [2.05, 4.69) is 38.2 Å². The number of hydrogen-bond donors (Lipinski definition) is 2. The van der Waals surface area contributed by atoms with Crippen molar-refractivity contribution in [2.45, 2.75) is 66.4 Å².